The molecule has 2 unspecified atom stereocenters. The van der Waals surface area contributed by atoms with E-state index in [9.17, 15) is 0 Å². The van der Waals surface area contributed by atoms with E-state index in [1.54, 1.807) is 0 Å². The lowest BCUT2D eigenvalue weighted by Crippen LogP contribution is -2.58. The van der Waals surface area contributed by atoms with Crippen LogP contribution in [-0.2, 0) is 5.41 Å². The van der Waals surface area contributed by atoms with Gasteiger partial charge >= 0.3 is 0 Å². The molecule has 2 aliphatic rings. The first-order valence-electron chi connectivity index (χ1n) is 10.1. The molecule has 2 aliphatic heterocycles. The minimum atomic E-state index is 0.151. The zero-order valence-corrected chi connectivity index (χ0v) is 16.5. The molecule has 3 rings (SSSR count). The Morgan fingerprint density at radius 1 is 1.12 bits per heavy atom. The Balaban J connectivity index is 1.92. The van der Waals surface area contributed by atoms with Gasteiger partial charge in [-0.1, -0.05) is 30.3 Å². The van der Waals surface area contributed by atoms with Gasteiger partial charge in [0.25, 0.3) is 0 Å². The number of piperidine rings is 1. The zero-order chi connectivity index (χ0) is 17.9. The molecule has 0 aliphatic carbocycles. The molecule has 1 fully saturated rings. The molecule has 1 saturated heterocycles. The number of hydrogen-bond donors (Lipinski definition) is 0. The summed E-state index contributed by atoms with van der Waals surface area (Å²) in [5.74, 6) is 0. The summed E-state index contributed by atoms with van der Waals surface area (Å²) < 4.78 is 0. The lowest BCUT2D eigenvalue weighted by atomic mass is 9.67. The van der Waals surface area contributed by atoms with Gasteiger partial charge in [0.05, 0.1) is 12.9 Å². The lowest BCUT2D eigenvalue weighted by Gasteiger charge is -2.51. The molecule has 2 atom stereocenters. The first-order valence-corrected chi connectivity index (χ1v) is 10.1. The van der Waals surface area contributed by atoms with Crippen LogP contribution >= 0.6 is 0 Å². The molecular weight excluding hydrogens is 306 g/mol. The van der Waals surface area contributed by atoms with E-state index in [0.717, 1.165) is 13.1 Å². The Morgan fingerprint density at radius 3 is 2.52 bits per heavy atom. The highest BCUT2D eigenvalue weighted by Gasteiger charge is 2.45. The van der Waals surface area contributed by atoms with Crippen molar-refractivity contribution in [1.29, 1.82) is 0 Å². The smallest absolute Gasteiger partial charge is 0.0853 e. The van der Waals surface area contributed by atoms with Gasteiger partial charge < -0.3 is 4.90 Å². The van der Waals surface area contributed by atoms with Gasteiger partial charge in [-0.15, -0.1) is 0 Å². The summed E-state index contributed by atoms with van der Waals surface area (Å²) in [5, 5.41) is 0. The summed E-state index contributed by atoms with van der Waals surface area (Å²) in [6, 6.07) is 13.0. The lowest BCUT2D eigenvalue weighted by molar-refractivity contribution is 0.0998. The second-order valence-electron chi connectivity index (χ2n) is 8.40. The van der Waals surface area contributed by atoms with Gasteiger partial charge in [-0.3, -0.25) is 9.89 Å². The van der Waals surface area contributed by atoms with Gasteiger partial charge in [-0.05, 0) is 65.5 Å². The molecule has 3 heteroatoms. The van der Waals surface area contributed by atoms with E-state index in [2.05, 4.69) is 74.2 Å². The number of rotatable bonds is 6. The monoisotopic (exact) mass is 341 g/mol. The van der Waals surface area contributed by atoms with Crippen molar-refractivity contribution in [2.75, 3.05) is 19.6 Å². The Morgan fingerprint density at radius 2 is 1.84 bits per heavy atom. The van der Waals surface area contributed by atoms with Crippen LogP contribution in [-0.4, -0.2) is 53.9 Å². The van der Waals surface area contributed by atoms with Crippen molar-refractivity contribution in [3.05, 3.63) is 35.9 Å². The second-order valence-corrected chi connectivity index (χ2v) is 8.40. The van der Waals surface area contributed by atoms with E-state index in [4.69, 9.17) is 4.99 Å². The molecule has 3 nitrogen and oxygen atoms in total. The van der Waals surface area contributed by atoms with Crippen LogP contribution in [0.1, 0.15) is 58.9 Å². The quantitative estimate of drug-likeness (QED) is 0.767. The Bertz CT molecular complexity index is 558. The van der Waals surface area contributed by atoms with E-state index >= 15 is 0 Å². The maximum atomic E-state index is 4.84. The van der Waals surface area contributed by atoms with Crippen LogP contribution in [0.2, 0.25) is 0 Å². The van der Waals surface area contributed by atoms with E-state index in [-0.39, 0.29) is 5.41 Å². The third-order valence-electron chi connectivity index (χ3n) is 6.28. The van der Waals surface area contributed by atoms with Crippen molar-refractivity contribution in [1.82, 2.24) is 9.80 Å². The molecule has 0 spiro atoms. The molecule has 0 aromatic heterocycles. The highest BCUT2D eigenvalue weighted by molar-refractivity contribution is 5.59. The van der Waals surface area contributed by atoms with Crippen molar-refractivity contribution in [3.63, 3.8) is 0 Å². The summed E-state index contributed by atoms with van der Waals surface area (Å²) in [6.07, 6.45) is 7.27. The SMILES string of the molecule is CC(C)N(CCC1(c2ccccc2)CN=CN2CCCCC21)C(C)C. The molecule has 2 heterocycles. The predicted molar refractivity (Wildman–Crippen MR) is 107 cm³/mol. The number of aliphatic imine (C=N–C) groups is 1. The Labute approximate surface area is 154 Å². The van der Waals surface area contributed by atoms with Gasteiger partial charge in [0.2, 0.25) is 0 Å². The van der Waals surface area contributed by atoms with Crippen LogP contribution in [0.15, 0.2) is 35.3 Å². The molecule has 1 aromatic carbocycles. The average Bonchev–Trinajstić information content (AvgIpc) is 2.62. The topological polar surface area (TPSA) is 18.8 Å². The fraction of sp³-hybridized carbons (Fsp3) is 0.682. The molecule has 0 amide bonds. The van der Waals surface area contributed by atoms with Crippen molar-refractivity contribution >= 4 is 6.34 Å². The Hall–Kier alpha value is -1.35. The second kappa shape index (κ2) is 7.90. The highest BCUT2D eigenvalue weighted by Crippen LogP contribution is 2.41. The van der Waals surface area contributed by atoms with Crippen LogP contribution < -0.4 is 0 Å². The van der Waals surface area contributed by atoms with E-state index in [0.29, 0.717) is 18.1 Å². The van der Waals surface area contributed by atoms with Crippen molar-refractivity contribution in [2.45, 2.75) is 76.9 Å². The fourth-order valence-corrected chi connectivity index (χ4v) is 4.98. The van der Waals surface area contributed by atoms with Gasteiger partial charge in [-0.2, -0.15) is 0 Å². The minimum Gasteiger partial charge on any atom is -0.359 e. The maximum absolute atomic E-state index is 4.84. The largest absolute Gasteiger partial charge is 0.359 e. The summed E-state index contributed by atoms with van der Waals surface area (Å²) in [5.41, 5.74) is 1.63. The standard InChI is InChI=1S/C22H35N3/c1-18(2)25(19(3)4)15-13-22(20-10-6-5-7-11-20)16-23-17-24-14-9-8-12-21(22)24/h5-7,10-11,17-19,21H,8-9,12-16H2,1-4H3. The molecule has 0 N–H and O–H groups in total. The Kier molecular flexibility index (Phi) is 5.83. The van der Waals surface area contributed by atoms with Crippen LogP contribution in [0.5, 0.6) is 0 Å². The normalized spacial score (nSPS) is 26.5. The molecule has 138 valence electrons. The number of hydrogen-bond acceptors (Lipinski definition) is 3. The molecule has 25 heavy (non-hydrogen) atoms. The summed E-state index contributed by atoms with van der Waals surface area (Å²) >= 11 is 0. The average molecular weight is 342 g/mol. The number of benzene rings is 1. The first-order chi connectivity index (χ1) is 12.0. The molecular formula is C22H35N3. The van der Waals surface area contributed by atoms with Crippen LogP contribution in [0.4, 0.5) is 0 Å². The molecule has 0 saturated carbocycles. The zero-order valence-electron chi connectivity index (χ0n) is 16.5. The third kappa shape index (κ3) is 3.76. The molecule has 0 radical (unpaired) electrons. The van der Waals surface area contributed by atoms with Crippen LogP contribution in [0.3, 0.4) is 0 Å². The maximum Gasteiger partial charge on any atom is 0.0853 e. The van der Waals surface area contributed by atoms with Crippen molar-refractivity contribution in [3.8, 4) is 0 Å². The highest BCUT2D eigenvalue weighted by atomic mass is 15.2. The van der Waals surface area contributed by atoms with Crippen molar-refractivity contribution < 1.29 is 0 Å². The predicted octanol–water partition coefficient (Wildman–Crippen LogP) is 4.33. The fourth-order valence-electron chi connectivity index (χ4n) is 4.98. The number of fused-ring (bicyclic) bond motifs is 1. The van der Waals surface area contributed by atoms with Gasteiger partial charge in [0.15, 0.2) is 0 Å². The summed E-state index contributed by atoms with van der Waals surface area (Å²) in [4.78, 5) is 10.0. The van der Waals surface area contributed by atoms with Gasteiger partial charge in [-0.25, -0.2) is 0 Å². The molecule has 1 aromatic rings. The first kappa shape index (κ1) is 18.4. The van der Waals surface area contributed by atoms with Gasteiger partial charge in [0.1, 0.15) is 0 Å². The van der Waals surface area contributed by atoms with Gasteiger partial charge in [0, 0.05) is 30.1 Å². The van der Waals surface area contributed by atoms with E-state index in [1.807, 2.05) is 0 Å². The minimum absolute atomic E-state index is 0.151. The third-order valence-corrected chi connectivity index (χ3v) is 6.28. The van der Waals surface area contributed by atoms with Crippen LogP contribution in [0, 0.1) is 0 Å². The number of nitrogens with zero attached hydrogens (tertiary/aromatic N) is 3. The van der Waals surface area contributed by atoms with E-state index < -0.39 is 0 Å². The van der Waals surface area contributed by atoms with Crippen molar-refractivity contribution in [2.24, 2.45) is 4.99 Å². The summed E-state index contributed by atoms with van der Waals surface area (Å²) in [6.45, 7) is 12.5. The summed E-state index contributed by atoms with van der Waals surface area (Å²) in [7, 11) is 0. The van der Waals surface area contributed by atoms with E-state index in [1.165, 1.54) is 37.8 Å². The molecule has 0 bridgehead atoms. The van der Waals surface area contributed by atoms with Crippen LogP contribution in [0.25, 0.3) is 0 Å².